The van der Waals surface area contributed by atoms with Crippen molar-refractivity contribution in [2.45, 2.75) is 39.8 Å². The molecular formula is C17H26N4O2S. The number of hydrogen-bond acceptors (Lipinski definition) is 7. The molecule has 0 radical (unpaired) electrons. The van der Waals surface area contributed by atoms with Crippen molar-refractivity contribution in [1.29, 1.82) is 0 Å². The quantitative estimate of drug-likeness (QED) is 0.833. The third kappa shape index (κ3) is 3.69. The molecule has 0 bridgehead atoms. The lowest BCUT2D eigenvalue weighted by Crippen LogP contribution is -2.36. The third-order valence-corrected chi connectivity index (χ3v) is 5.70. The average Bonchev–Trinajstić information content (AvgIpc) is 2.88. The van der Waals surface area contributed by atoms with Gasteiger partial charge in [0.1, 0.15) is 16.5 Å². The molecule has 0 spiro atoms. The van der Waals surface area contributed by atoms with Crippen LogP contribution in [0.2, 0.25) is 0 Å². The van der Waals surface area contributed by atoms with E-state index in [-0.39, 0.29) is 12.6 Å². The maximum absolute atomic E-state index is 9.54. The van der Waals surface area contributed by atoms with Crippen molar-refractivity contribution >= 4 is 27.4 Å². The number of rotatable bonds is 6. The zero-order valence-electron chi connectivity index (χ0n) is 14.6. The SMILES string of the molecule is CC[C@H](CO)Nc1nc(CN2CCOCC2)nc2sc(C)c(C)c12. The van der Waals surface area contributed by atoms with Gasteiger partial charge in [-0.1, -0.05) is 6.92 Å². The molecule has 3 heterocycles. The van der Waals surface area contributed by atoms with Crippen molar-refractivity contribution in [3.63, 3.8) is 0 Å². The third-order valence-electron chi connectivity index (χ3n) is 4.60. The molecule has 2 aromatic heterocycles. The molecule has 1 saturated heterocycles. The Labute approximate surface area is 146 Å². The van der Waals surface area contributed by atoms with Gasteiger partial charge in [-0.25, -0.2) is 9.97 Å². The van der Waals surface area contributed by atoms with E-state index >= 15 is 0 Å². The van der Waals surface area contributed by atoms with E-state index in [1.165, 1.54) is 10.4 Å². The Bertz CT molecular complexity index is 693. The van der Waals surface area contributed by atoms with Crippen LogP contribution >= 0.6 is 11.3 Å². The van der Waals surface area contributed by atoms with Crippen molar-refractivity contribution < 1.29 is 9.84 Å². The molecular weight excluding hydrogens is 324 g/mol. The zero-order chi connectivity index (χ0) is 17.1. The lowest BCUT2D eigenvalue weighted by atomic mass is 10.2. The van der Waals surface area contributed by atoms with Gasteiger partial charge >= 0.3 is 0 Å². The Morgan fingerprint density at radius 2 is 2.04 bits per heavy atom. The van der Waals surface area contributed by atoms with E-state index < -0.39 is 0 Å². The highest BCUT2D eigenvalue weighted by atomic mass is 32.1. The number of morpholine rings is 1. The molecule has 0 saturated carbocycles. The van der Waals surface area contributed by atoms with Crippen LogP contribution in [-0.2, 0) is 11.3 Å². The van der Waals surface area contributed by atoms with Gasteiger partial charge in [0, 0.05) is 18.0 Å². The monoisotopic (exact) mass is 350 g/mol. The minimum Gasteiger partial charge on any atom is -0.394 e. The second kappa shape index (κ2) is 7.74. The summed E-state index contributed by atoms with van der Waals surface area (Å²) in [5.41, 5.74) is 1.23. The molecule has 2 aromatic rings. The summed E-state index contributed by atoms with van der Waals surface area (Å²) < 4.78 is 5.41. The van der Waals surface area contributed by atoms with Crippen LogP contribution < -0.4 is 5.32 Å². The predicted molar refractivity (Wildman–Crippen MR) is 97.8 cm³/mol. The molecule has 7 heteroatoms. The van der Waals surface area contributed by atoms with Crippen LogP contribution in [0.3, 0.4) is 0 Å². The molecule has 3 rings (SSSR count). The van der Waals surface area contributed by atoms with Crippen molar-refractivity contribution in [2.24, 2.45) is 0 Å². The smallest absolute Gasteiger partial charge is 0.146 e. The number of anilines is 1. The topological polar surface area (TPSA) is 70.5 Å². The lowest BCUT2D eigenvalue weighted by molar-refractivity contribution is 0.0331. The van der Waals surface area contributed by atoms with Crippen molar-refractivity contribution in [3.05, 3.63) is 16.3 Å². The molecule has 6 nitrogen and oxygen atoms in total. The van der Waals surface area contributed by atoms with Crippen LogP contribution in [0.5, 0.6) is 0 Å². The maximum Gasteiger partial charge on any atom is 0.146 e. The molecule has 24 heavy (non-hydrogen) atoms. The molecule has 0 aliphatic carbocycles. The van der Waals surface area contributed by atoms with Gasteiger partial charge in [-0.05, 0) is 25.8 Å². The standard InChI is InChI=1S/C17H26N4O2S/c1-4-13(10-22)18-16-15-11(2)12(3)24-17(15)20-14(19-16)9-21-5-7-23-8-6-21/h13,22H,4-10H2,1-3H3,(H,18,19,20)/t13-/m1/s1. The van der Waals surface area contributed by atoms with Crippen LogP contribution in [0.1, 0.15) is 29.6 Å². The van der Waals surface area contributed by atoms with E-state index in [1.807, 2.05) is 0 Å². The van der Waals surface area contributed by atoms with Crippen molar-refractivity contribution in [2.75, 3.05) is 38.2 Å². The number of aryl methyl sites for hydroxylation is 2. The molecule has 1 fully saturated rings. The van der Waals surface area contributed by atoms with Crippen molar-refractivity contribution in [3.8, 4) is 0 Å². The van der Waals surface area contributed by atoms with Crippen LogP contribution in [-0.4, -0.2) is 58.9 Å². The summed E-state index contributed by atoms with van der Waals surface area (Å²) in [6, 6.07) is 0.0129. The van der Waals surface area contributed by atoms with Crippen LogP contribution in [0.15, 0.2) is 0 Å². The maximum atomic E-state index is 9.54. The fourth-order valence-electron chi connectivity index (χ4n) is 2.90. The van der Waals surface area contributed by atoms with Gasteiger partial charge in [-0.2, -0.15) is 0 Å². The molecule has 1 aliphatic rings. The summed E-state index contributed by atoms with van der Waals surface area (Å²) in [7, 11) is 0. The average molecular weight is 350 g/mol. The zero-order valence-corrected chi connectivity index (χ0v) is 15.4. The first-order valence-corrected chi connectivity index (χ1v) is 9.38. The number of nitrogens with zero attached hydrogens (tertiary/aromatic N) is 3. The largest absolute Gasteiger partial charge is 0.394 e. The first-order chi connectivity index (χ1) is 11.6. The van der Waals surface area contributed by atoms with E-state index in [1.54, 1.807) is 11.3 Å². The van der Waals surface area contributed by atoms with Crippen LogP contribution in [0.25, 0.3) is 10.2 Å². The Morgan fingerprint density at radius 3 is 2.71 bits per heavy atom. The Kier molecular flexibility index (Phi) is 5.65. The van der Waals surface area contributed by atoms with Crippen LogP contribution in [0, 0.1) is 13.8 Å². The summed E-state index contributed by atoms with van der Waals surface area (Å²) in [5, 5.41) is 14.0. The van der Waals surface area contributed by atoms with Gasteiger partial charge in [0.2, 0.25) is 0 Å². The lowest BCUT2D eigenvalue weighted by Gasteiger charge is -2.26. The molecule has 2 N–H and O–H groups in total. The first kappa shape index (κ1) is 17.5. The second-order valence-corrected chi connectivity index (χ2v) is 7.48. The number of aliphatic hydroxyl groups is 1. The summed E-state index contributed by atoms with van der Waals surface area (Å²) in [6.07, 6.45) is 0.850. The van der Waals surface area contributed by atoms with E-state index in [2.05, 4.69) is 31.0 Å². The Hall–Kier alpha value is -1.28. The van der Waals surface area contributed by atoms with Crippen molar-refractivity contribution in [1.82, 2.24) is 14.9 Å². The highest BCUT2D eigenvalue weighted by Gasteiger charge is 2.19. The molecule has 1 aliphatic heterocycles. The van der Waals surface area contributed by atoms with Gasteiger partial charge < -0.3 is 15.2 Å². The van der Waals surface area contributed by atoms with Gasteiger partial charge in [0.05, 0.1) is 37.8 Å². The Morgan fingerprint density at radius 1 is 1.29 bits per heavy atom. The van der Waals surface area contributed by atoms with Crippen LogP contribution in [0.4, 0.5) is 5.82 Å². The number of ether oxygens (including phenoxy) is 1. The highest BCUT2D eigenvalue weighted by Crippen LogP contribution is 2.33. The van der Waals surface area contributed by atoms with Gasteiger partial charge in [0.15, 0.2) is 0 Å². The summed E-state index contributed by atoms with van der Waals surface area (Å²) in [4.78, 5) is 14.2. The summed E-state index contributed by atoms with van der Waals surface area (Å²) in [6.45, 7) is 10.5. The first-order valence-electron chi connectivity index (χ1n) is 8.56. The number of hydrogen-bond donors (Lipinski definition) is 2. The fraction of sp³-hybridized carbons (Fsp3) is 0.647. The highest BCUT2D eigenvalue weighted by molar-refractivity contribution is 7.18. The van der Waals surface area contributed by atoms with E-state index in [0.29, 0.717) is 0 Å². The van der Waals surface area contributed by atoms with E-state index in [9.17, 15) is 5.11 Å². The number of aromatic nitrogens is 2. The Balaban J connectivity index is 1.95. The minimum absolute atomic E-state index is 0.0129. The molecule has 0 amide bonds. The predicted octanol–water partition coefficient (Wildman–Crippen LogP) is 2.32. The van der Waals surface area contributed by atoms with E-state index in [4.69, 9.17) is 14.7 Å². The van der Waals surface area contributed by atoms with Gasteiger partial charge in [0.25, 0.3) is 0 Å². The minimum atomic E-state index is 0.0129. The fourth-order valence-corrected chi connectivity index (χ4v) is 3.95. The number of aliphatic hydroxyl groups excluding tert-OH is 1. The number of thiophene rings is 1. The molecule has 132 valence electrons. The van der Waals surface area contributed by atoms with E-state index in [0.717, 1.165) is 61.1 Å². The normalized spacial score (nSPS) is 17.3. The molecule has 0 aromatic carbocycles. The molecule has 1 atom stereocenters. The summed E-state index contributed by atoms with van der Waals surface area (Å²) >= 11 is 1.71. The number of fused-ring (bicyclic) bond motifs is 1. The second-order valence-electron chi connectivity index (χ2n) is 6.27. The van der Waals surface area contributed by atoms with Gasteiger partial charge in [-0.3, -0.25) is 4.90 Å². The number of nitrogens with one attached hydrogen (secondary N) is 1. The van der Waals surface area contributed by atoms with Gasteiger partial charge in [-0.15, -0.1) is 11.3 Å². The summed E-state index contributed by atoms with van der Waals surface area (Å²) in [5.74, 6) is 1.69. The molecule has 0 unspecified atom stereocenters.